The maximum atomic E-state index is 11.0. The summed E-state index contributed by atoms with van der Waals surface area (Å²) in [4.78, 5) is 21.4. The molecule has 0 heterocycles. The van der Waals surface area contributed by atoms with Crippen molar-refractivity contribution in [2.75, 3.05) is 7.11 Å². The molecule has 3 heteroatoms. The Morgan fingerprint density at radius 2 is 1.93 bits per heavy atom. The van der Waals surface area contributed by atoms with E-state index in [-0.39, 0.29) is 0 Å². The van der Waals surface area contributed by atoms with E-state index in [1.165, 1.54) is 26.4 Å². The maximum Gasteiger partial charge on any atom is 0.316 e. The van der Waals surface area contributed by atoms with Gasteiger partial charge >= 0.3 is 5.97 Å². The number of ether oxygens (including phenoxy) is 1. The largest absolute Gasteiger partial charge is 0.468 e. The number of carbonyl (C=O) groups excluding carboxylic acids is 2. The number of hydrogen-bond acceptors (Lipinski definition) is 3. The van der Waals surface area contributed by atoms with Crippen molar-refractivity contribution in [3.63, 3.8) is 0 Å². The average molecular weight is 199 g/mol. The molecule has 0 rings (SSSR count). The molecule has 1 atom stereocenters. The Morgan fingerprint density at radius 1 is 1.29 bits per heavy atom. The smallest absolute Gasteiger partial charge is 0.316 e. The van der Waals surface area contributed by atoms with Crippen molar-refractivity contribution in [2.45, 2.75) is 45.4 Å². The molecule has 0 aromatic heterocycles. The first-order valence-electron chi connectivity index (χ1n) is 5.21. The molecule has 0 spiro atoms. The SMILES string of the molecule is CCCCCCCC([C]=O)C(=O)OC. The first-order valence-corrected chi connectivity index (χ1v) is 5.21. The molecule has 0 amide bonds. The third-order valence-corrected chi connectivity index (χ3v) is 2.22. The third-order valence-electron chi connectivity index (χ3n) is 2.22. The van der Waals surface area contributed by atoms with Crippen LogP contribution < -0.4 is 0 Å². The van der Waals surface area contributed by atoms with Crippen LogP contribution in [-0.4, -0.2) is 19.4 Å². The van der Waals surface area contributed by atoms with E-state index in [9.17, 15) is 9.59 Å². The molecule has 0 aliphatic heterocycles. The van der Waals surface area contributed by atoms with E-state index < -0.39 is 11.9 Å². The van der Waals surface area contributed by atoms with Crippen LogP contribution in [0.5, 0.6) is 0 Å². The van der Waals surface area contributed by atoms with Crippen molar-refractivity contribution < 1.29 is 14.3 Å². The zero-order valence-corrected chi connectivity index (χ0v) is 9.04. The summed E-state index contributed by atoms with van der Waals surface area (Å²) in [5.74, 6) is -1.14. The number of hydrogen-bond donors (Lipinski definition) is 0. The van der Waals surface area contributed by atoms with Crippen molar-refractivity contribution in [1.29, 1.82) is 0 Å². The van der Waals surface area contributed by atoms with E-state index in [0.29, 0.717) is 6.42 Å². The summed E-state index contributed by atoms with van der Waals surface area (Å²) < 4.78 is 4.48. The molecule has 81 valence electrons. The van der Waals surface area contributed by atoms with Gasteiger partial charge in [-0.25, -0.2) is 0 Å². The van der Waals surface area contributed by atoms with Crippen LogP contribution in [0.4, 0.5) is 0 Å². The fourth-order valence-electron chi connectivity index (χ4n) is 1.32. The normalized spacial score (nSPS) is 12.1. The zero-order chi connectivity index (χ0) is 10.8. The Balaban J connectivity index is 3.53. The van der Waals surface area contributed by atoms with Gasteiger partial charge in [-0.15, -0.1) is 0 Å². The lowest BCUT2D eigenvalue weighted by molar-refractivity contribution is -0.143. The second-order valence-corrected chi connectivity index (χ2v) is 3.40. The second kappa shape index (κ2) is 8.73. The molecule has 0 N–H and O–H groups in total. The van der Waals surface area contributed by atoms with E-state index in [2.05, 4.69) is 11.7 Å². The summed E-state index contributed by atoms with van der Waals surface area (Å²) in [5, 5.41) is 0. The van der Waals surface area contributed by atoms with Crippen molar-refractivity contribution in [3.8, 4) is 0 Å². The van der Waals surface area contributed by atoms with Gasteiger partial charge in [0, 0.05) is 0 Å². The van der Waals surface area contributed by atoms with Gasteiger partial charge in [0.2, 0.25) is 6.29 Å². The highest BCUT2D eigenvalue weighted by molar-refractivity contribution is 5.87. The second-order valence-electron chi connectivity index (χ2n) is 3.40. The first-order chi connectivity index (χ1) is 6.76. The van der Waals surface area contributed by atoms with Crippen LogP contribution in [0.1, 0.15) is 45.4 Å². The Hall–Kier alpha value is -0.860. The van der Waals surface area contributed by atoms with Crippen molar-refractivity contribution in [1.82, 2.24) is 0 Å². The Labute approximate surface area is 85.8 Å². The lowest BCUT2D eigenvalue weighted by atomic mass is 10.0. The Morgan fingerprint density at radius 3 is 2.43 bits per heavy atom. The van der Waals surface area contributed by atoms with Crippen LogP contribution >= 0.6 is 0 Å². The Kier molecular flexibility index (Phi) is 8.19. The van der Waals surface area contributed by atoms with Crippen LogP contribution in [0.15, 0.2) is 0 Å². The summed E-state index contributed by atoms with van der Waals surface area (Å²) in [5.41, 5.74) is 0. The maximum absolute atomic E-state index is 11.0. The van der Waals surface area contributed by atoms with Gasteiger partial charge in [-0.3, -0.25) is 9.59 Å². The van der Waals surface area contributed by atoms with Gasteiger partial charge < -0.3 is 4.74 Å². The predicted molar refractivity (Wildman–Crippen MR) is 54.6 cm³/mol. The molecule has 14 heavy (non-hydrogen) atoms. The van der Waals surface area contributed by atoms with E-state index >= 15 is 0 Å². The highest BCUT2D eigenvalue weighted by Crippen LogP contribution is 2.11. The number of carbonyl (C=O) groups is 1. The van der Waals surface area contributed by atoms with E-state index in [1.54, 1.807) is 6.29 Å². The van der Waals surface area contributed by atoms with E-state index in [0.717, 1.165) is 12.8 Å². The highest BCUT2D eigenvalue weighted by atomic mass is 16.5. The van der Waals surface area contributed by atoms with Gasteiger partial charge in [0.1, 0.15) is 5.92 Å². The number of rotatable bonds is 8. The average Bonchev–Trinajstić information content (AvgIpc) is 2.22. The van der Waals surface area contributed by atoms with Crippen molar-refractivity contribution in [3.05, 3.63) is 0 Å². The van der Waals surface area contributed by atoms with Gasteiger partial charge in [-0.05, 0) is 6.42 Å². The van der Waals surface area contributed by atoms with Crippen LogP contribution in [0.3, 0.4) is 0 Å². The van der Waals surface area contributed by atoms with Crippen LogP contribution in [-0.2, 0) is 14.3 Å². The van der Waals surface area contributed by atoms with E-state index in [1.807, 2.05) is 0 Å². The molecule has 0 aliphatic rings. The molecule has 0 saturated carbocycles. The molecular weight excluding hydrogens is 180 g/mol. The summed E-state index contributed by atoms with van der Waals surface area (Å²) in [6.45, 7) is 2.15. The minimum absolute atomic E-state index is 0.463. The highest BCUT2D eigenvalue weighted by Gasteiger charge is 2.18. The number of esters is 1. The topological polar surface area (TPSA) is 43.4 Å². The van der Waals surface area contributed by atoms with Gasteiger partial charge in [0.15, 0.2) is 0 Å². The lowest BCUT2D eigenvalue weighted by Gasteiger charge is -2.06. The van der Waals surface area contributed by atoms with E-state index in [4.69, 9.17) is 0 Å². The quantitative estimate of drug-likeness (QED) is 0.342. The minimum atomic E-state index is -0.679. The first kappa shape index (κ1) is 13.1. The van der Waals surface area contributed by atoms with Gasteiger partial charge in [0.25, 0.3) is 0 Å². The number of unbranched alkanes of at least 4 members (excludes halogenated alkanes) is 4. The minimum Gasteiger partial charge on any atom is -0.468 e. The molecule has 0 fully saturated rings. The fraction of sp³-hybridized carbons (Fsp3) is 0.818. The summed E-state index contributed by atoms with van der Waals surface area (Å²) in [6, 6.07) is 0. The van der Waals surface area contributed by atoms with Gasteiger partial charge in [0.05, 0.1) is 7.11 Å². The molecule has 0 saturated heterocycles. The van der Waals surface area contributed by atoms with Gasteiger partial charge in [-0.2, -0.15) is 0 Å². The molecular formula is C11H19O3. The molecule has 0 aromatic rings. The molecule has 1 radical (unpaired) electrons. The zero-order valence-electron chi connectivity index (χ0n) is 9.04. The molecule has 0 aliphatic carbocycles. The van der Waals surface area contributed by atoms with Crippen molar-refractivity contribution >= 4 is 12.3 Å². The summed E-state index contributed by atoms with van der Waals surface area (Å²) in [6.07, 6.45) is 7.84. The number of methoxy groups -OCH3 is 1. The van der Waals surface area contributed by atoms with Crippen LogP contribution in [0, 0.1) is 5.92 Å². The fourth-order valence-corrected chi connectivity index (χ4v) is 1.32. The van der Waals surface area contributed by atoms with Crippen LogP contribution in [0.2, 0.25) is 0 Å². The monoisotopic (exact) mass is 199 g/mol. The molecule has 0 bridgehead atoms. The lowest BCUT2D eigenvalue weighted by Crippen LogP contribution is -2.17. The third kappa shape index (κ3) is 5.73. The summed E-state index contributed by atoms with van der Waals surface area (Å²) >= 11 is 0. The molecule has 0 aromatic carbocycles. The summed E-state index contributed by atoms with van der Waals surface area (Å²) in [7, 11) is 1.30. The Bertz CT molecular complexity index is 166. The predicted octanol–water partition coefficient (Wildman–Crippen LogP) is 2.25. The molecule has 3 nitrogen and oxygen atoms in total. The van der Waals surface area contributed by atoms with Gasteiger partial charge in [-0.1, -0.05) is 39.0 Å². The standard InChI is InChI=1S/C11H19O3/c1-3-4-5-6-7-8-10(9-12)11(13)14-2/h10H,3-8H2,1-2H3. The van der Waals surface area contributed by atoms with Crippen LogP contribution in [0.25, 0.3) is 0 Å². The molecule has 1 unspecified atom stereocenters. The van der Waals surface area contributed by atoms with Crippen molar-refractivity contribution in [2.24, 2.45) is 5.92 Å².